The minimum atomic E-state index is 0. The summed E-state index contributed by atoms with van der Waals surface area (Å²) in [5.41, 5.74) is 3.95. The van der Waals surface area contributed by atoms with Crippen LogP contribution in [0, 0.1) is 6.92 Å². The van der Waals surface area contributed by atoms with Gasteiger partial charge in [0, 0.05) is 0 Å². The van der Waals surface area contributed by atoms with Crippen molar-refractivity contribution in [3.8, 4) is 11.1 Å². The van der Waals surface area contributed by atoms with Crippen LogP contribution in [0.4, 0.5) is 0 Å². The Hall–Kier alpha value is -0.487. The van der Waals surface area contributed by atoms with Crippen molar-refractivity contribution in [1.29, 1.82) is 0 Å². The molecule has 0 aromatic heterocycles. The van der Waals surface area contributed by atoms with Crippen molar-refractivity contribution in [2.45, 2.75) is 6.92 Å². The van der Waals surface area contributed by atoms with E-state index < -0.39 is 0 Å². The van der Waals surface area contributed by atoms with Gasteiger partial charge in [0.05, 0.1) is 0 Å². The Morgan fingerprint density at radius 1 is 0.842 bits per heavy atom. The van der Waals surface area contributed by atoms with Crippen molar-refractivity contribution in [2.75, 3.05) is 0 Å². The number of benzene rings is 2. The van der Waals surface area contributed by atoms with Crippen molar-refractivity contribution >= 4 is 10.8 Å². The monoisotopic (exact) mass is 365 g/mol. The number of hydrogen-bond acceptors (Lipinski definition) is 0. The summed E-state index contributed by atoms with van der Waals surface area (Å²) in [6.07, 6.45) is 0. The van der Waals surface area contributed by atoms with Gasteiger partial charge in [-0.3, -0.25) is 0 Å². The molecule has 0 heterocycles. The van der Waals surface area contributed by atoms with Gasteiger partial charge in [0.1, 0.15) is 0 Å². The number of aryl methyl sites for hydroxylation is 1. The first kappa shape index (κ1) is 18.5. The van der Waals surface area contributed by atoms with Gasteiger partial charge in [-0.2, -0.15) is 6.07 Å². The average Bonchev–Trinajstić information content (AvgIpc) is 2.70. The predicted octanol–water partition coefficient (Wildman–Crippen LogP) is -1.46. The first-order valence-corrected chi connectivity index (χ1v) is 5.56. The molecule has 19 heavy (non-hydrogen) atoms. The van der Waals surface area contributed by atoms with Crippen molar-refractivity contribution in [2.24, 2.45) is 0 Å². The Balaban J connectivity index is 0.00000108. The van der Waals surface area contributed by atoms with E-state index in [9.17, 15) is 0 Å². The Kier molecular flexibility index (Phi) is 7.74. The van der Waals surface area contributed by atoms with Gasteiger partial charge >= 0.3 is 26.2 Å². The number of fused-ring (bicyclic) bond motifs is 1. The summed E-state index contributed by atoms with van der Waals surface area (Å²) >= 11 is 0. The molecule has 0 N–H and O–H groups in total. The first-order chi connectivity index (χ1) is 7.84. The van der Waals surface area contributed by atoms with E-state index in [0.717, 1.165) is 0 Å². The fourth-order valence-electron chi connectivity index (χ4n) is 2.25. The Morgan fingerprint density at radius 2 is 1.53 bits per heavy atom. The second kappa shape index (κ2) is 7.95. The van der Waals surface area contributed by atoms with Gasteiger partial charge in [-0.25, -0.2) is 0 Å². The fourth-order valence-corrected chi connectivity index (χ4v) is 2.25. The summed E-state index contributed by atoms with van der Waals surface area (Å²) in [5, 5.41) is 2.69. The Morgan fingerprint density at radius 3 is 2.21 bits per heavy atom. The molecule has 0 fully saturated rings. The minimum absolute atomic E-state index is 0. The molecule has 0 nitrogen and oxygen atoms in total. The molecule has 0 aliphatic heterocycles. The van der Waals surface area contributed by atoms with Crippen LogP contribution in [-0.2, 0) is 26.2 Å². The van der Waals surface area contributed by atoms with Crippen LogP contribution in [0.25, 0.3) is 21.9 Å². The summed E-state index contributed by atoms with van der Waals surface area (Å²) in [5.74, 6) is 0. The molecule has 3 rings (SSSR count). The van der Waals surface area contributed by atoms with Crippen LogP contribution in [0.3, 0.4) is 0 Å². The van der Waals surface area contributed by atoms with Crippen LogP contribution >= 0.6 is 0 Å². The normalized spacial score (nSPS) is 9.11. The Labute approximate surface area is 145 Å². The van der Waals surface area contributed by atoms with E-state index >= 15 is 0 Å². The van der Waals surface area contributed by atoms with Gasteiger partial charge in [0.2, 0.25) is 0 Å². The van der Waals surface area contributed by atoms with Crippen LogP contribution in [0.15, 0.2) is 60.7 Å². The largest absolute Gasteiger partial charge is 3.00 e. The number of hydrogen-bond donors (Lipinski definition) is 0. The van der Waals surface area contributed by atoms with Gasteiger partial charge in [0.15, 0.2) is 0 Å². The van der Waals surface area contributed by atoms with Crippen molar-refractivity contribution < 1.29 is 51.0 Å². The minimum Gasteiger partial charge on any atom is -1.00 e. The van der Waals surface area contributed by atoms with Crippen LogP contribution in [0.2, 0.25) is 0 Å². The summed E-state index contributed by atoms with van der Waals surface area (Å²) in [6, 6.07) is 21.6. The molecule has 0 amide bonds. The second-order valence-electron chi connectivity index (χ2n) is 4.21. The maximum Gasteiger partial charge on any atom is 3.00 e. The van der Waals surface area contributed by atoms with Crippen LogP contribution in [-0.4, -0.2) is 0 Å². The van der Waals surface area contributed by atoms with Gasteiger partial charge in [-0.1, -0.05) is 48.9 Å². The maximum absolute atomic E-state index is 2.26. The molecule has 0 atom stereocenters. The third-order valence-corrected chi connectivity index (χ3v) is 2.98. The summed E-state index contributed by atoms with van der Waals surface area (Å²) < 4.78 is 0. The molecule has 0 bridgehead atoms. The predicted molar refractivity (Wildman–Crippen MR) is 69.7 cm³/mol. The van der Waals surface area contributed by atoms with Gasteiger partial charge in [-0.05, 0) is 5.56 Å². The molecule has 1 radical (unpaired) electrons. The van der Waals surface area contributed by atoms with Crippen molar-refractivity contribution in [3.05, 3.63) is 66.2 Å². The van der Waals surface area contributed by atoms with E-state index in [-0.39, 0.29) is 51.0 Å². The molecule has 0 aliphatic carbocycles. The molecular weight excluding hydrogens is 354 g/mol. The molecule has 0 saturated carbocycles. The van der Waals surface area contributed by atoms with Crippen LogP contribution < -0.4 is 24.8 Å². The van der Waals surface area contributed by atoms with E-state index in [2.05, 4.69) is 67.6 Å². The van der Waals surface area contributed by atoms with Crippen LogP contribution in [0.5, 0.6) is 0 Å². The zero-order valence-corrected chi connectivity index (χ0v) is 14.5. The zero-order valence-electron chi connectivity index (χ0n) is 10.5. The van der Waals surface area contributed by atoms with Crippen molar-refractivity contribution in [1.82, 2.24) is 0 Å². The molecular formula is C16H13Cl2Zr. The molecule has 3 aromatic rings. The number of halogens is 2. The van der Waals surface area contributed by atoms with Gasteiger partial charge in [0.25, 0.3) is 0 Å². The van der Waals surface area contributed by atoms with Crippen molar-refractivity contribution in [3.63, 3.8) is 0 Å². The van der Waals surface area contributed by atoms with Gasteiger partial charge in [-0.15, -0.1) is 34.5 Å². The molecule has 0 aliphatic rings. The second-order valence-corrected chi connectivity index (χ2v) is 4.21. The Bertz CT molecular complexity index is 630. The van der Waals surface area contributed by atoms with E-state index in [0.29, 0.717) is 0 Å². The SMILES string of the molecule is Cc1cc2c(-c3ccccc3)cccc2[cH-]1.[Cl-].[Cl-].[Zr+3]. The third kappa shape index (κ3) is 3.75. The average molecular weight is 367 g/mol. The van der Waals surface area contributed by atoms with E-state index in [1.807, 2.05) is 0 Å². The summed E-state index contributed by atoms with van der Waals surface area (Å²) in [6.45, 7) is 2.15. The van der Waals surface area contributed by atoms with E-state index in [1.54, 1.807) is 0 Å². The van der Waals surface area contributed by atoms with E-state index in [4.69, 9.17) is 0 Å². The maximum atomic E-state index is 2.26. The number of rotatable bonds is 1. The molecule has 0 saturated heterocycles. The molecule has 3 heteroatoms. The smallest absolute Gasteiger partial charge is 1.00 e. The standard InChI is InChI=1S/C16H13.2ClH.Zr/c1-12-10-14-8-5-9-15(16(14)11-12)13-6-3-2-4-7-13;;;/h2-11H,1H3;2*1H;/q-1;;;+3/p-2. The molecule has 95 valence electrons. The molecule has 3 aromatic carbocycles. The molecule has 0 spiro atoms. The topological polar surface area (TPSA) is 0 Å². The van der Waals surface area contributed by atoms with E-state index in [1.165, 1.54) is 27.5 Å². The molecule has 0 unspecified atom stereocenters. The summed E-state index contributed by atoms with van der Waals surface area (Å²) in [7, 11) is 0. The fraction of sp³-hybridized carbons (Fsp3) is 0.0625. The van der Waals surface area contributed by atoms with Crippen LogP contribution in [0.1, 0.15) is 5.56 Å². The summed E-state index contributed by atoms with van der Waals surface area (Å²) in [4.78, 5) is 0. The quantitative estimate of drug-likeness (QED) is 0.462. The third-order valence-electron chi connectivity index (χ3n) is 2.98. The first-order valence-electron chi connectivity index (χ1n) is 5.56. The van der Waals surface area contributed by atoms with Gasteiger partial charge < -0.3 is 24.8 Å². The zero-order chi connectivity index (χ0) is 11.0.